The quantitative estimate of drug-likeness (QED) is 0.482. The molecule has 1 atom stereocenters. The number of thiocarbonyl (C=S) groups is 1. The maximum Gasteiger partial charge on any atom is 0.275 e. The lowest BCUT2D eigenvalue weighted by atomic mass is 9.92. The van der Waals surface area contributed by atoms with Gasteiger partial charge in [0.2, 0.25) is 0 Å². The third-order valence-electron chi connectivity index (χ3n) is 4.07. The minimum atomic E-state index is -1.12. The number of carbonyl (C=O) groups excluding carboxylic acids is 1. The summed E-state index contributed by atoms with van der Waals surface area (Å²) in [6.07, 6.45) is 2.89. The molecular formula is C17H18FN6O2S+. The Hall–Kier alpha value is -2.98. The van der Waals surface area contributed by atoms with Crippen molar-refractivity contribution in [1.29, 1.82) is 0 Å². The van der Waals surface area contributed by atoms with Crippen molar-refractivity contribution in [3.05, 3.63) is 53.5 Å². The smallest absolute Gasteiger partial charge is 0.275 e. The molecule has 3 rings (SSSR count). The second-order valence-electron chi connectivity index (χ2n) is 6.04. The molecule has 2 aromatic heterocycles. The minimum absolute atomic E-state index is 0.101. The zero-order valence-electron chi connectivity index (χ0n) is 14.2. The van der Waals surface area contributed by atoms with E-state index in [1.54, 1.807) is 18.2 Å². The van der Waals surface area contributed by atoms with Gasteiger partial charge in [0.05, 0.1) is 6.61 Å². The number of alkyl halides is 1. The van der Waals surface area contributed by atoms with E-state index in [2.05, 4.69) is 20.3 Å². The van der Waals surface area contributed by atoms with Crippen LogP contribution in [0.1, 0.15) is 21.6 Å². The highest BCUT2D eigenvalue weighted by Gasteiger charge is 2.39. The summed E-state index contributed by atoms with van der Waals surface area (Å²) in [5.41, 5.74) is 11.4. The molecule has 0 bridgehead atoms. The number of halogens is 1. The van der Waals surface area contributed by atoms with Gasteiger partial charge in [-0.05, 0) is 24.3 Å². The first-order chi connectivity index (χ1) is 12.9. The van der Waals surface area contributed by atoms with Crippen molar-refractivity contribution < 1.29 is 18.9 Å². The number of amidine groups is 1. The van der Waals surface area contributed by atoms with Crippen molar-refractivity contribution >= 4 is 34.8 Å². The second-order valence-corrected chi connectivity index (χ2v) is 6.48. The summed E-state index contributed by atoms with van der Waals surface area (Å²) in [7, 11) is 0. The number of nitrogens with one attached hydrogen (secondary N) is 2. The Balaban J connectivity index is 1.82. The number of ether oxygens (including phenoxy) is 1. The predicted molar refractivity (Wildman–Crippen MR) is 101 cm³/mol. The molecule has 6 N–H and O–H groups in total. The number of carbonyl (C=O) groups is 1. The molecule has 0 radical (unpaired) electrons. The van der Waals surface area contributed by atoms with Crippen molar-refractivity contribution in [2.45, 2.75) is 5.54 Å². The van der Waals surface area contributed by atoms with E-state index in [1.807, 2.05) is 0 Å². The van der Waals surface area contributed by atoms with Crippen molar-refractivity contribution in [1.82, 2.24) is 9.97 Å². The minimum Gasteiger partial charge on any atom is -0.389 e. The van der Waals surface area contributed by atoms with E-state index in [9.17, 15) is 9.18 Å². The molecule has 3 heterocycles. The number of rotatable bonds is 5. The summed E-state index contributed by atoms with van der Waals surface area (Å²) in [6, 6.07) is 6.31. The maximum absolute atomic E-state index is 13.8. The van der Waals surface area contributed by atoms with Crippen LogP contribution in [0, 0.1) is 0 Å². The zero-order chi connectivity index (χ0) is 19.4. The van der Waals surface area contributed by atoms with Crippen molar-refractivity contribution in [2.75, 3.05) is 25.2 Å². The number of hydrogen-bond donors (Lipinski definition) is 4. The third kappa shape index (κ3) is 4.07. The van der Waals surface area contributed by atoms with Crippen LogP contribution in [0.4, 0.5) is 10.2 Å². The van der Waals surface area contributed by atoms with E-state index in [0.29, 0.717) is 17.0 Å². The average molecular weight is 389 g/mol. The van der Waals surface area contributed by atoms with Gasteiger partial charge < -0.3 is 15.8 Å². The molecule has 140 valence electrons. The van der Waals surface area contributed by atoms with Gasteiger partial charge >= 0.3 is 0 Å². The molecule has 0 aliphatic carbocycles. The van der Waals surface area contributed by atoms with Crippen LogP contribution >= 0.6 is 12.2 Å². The fourth-order valence-corrected chi connectivity index (χ4v) is 2.79. The molecule has 2 aromatic rings. The molecule has 0 fully saturated rings. The predicted octanol–water partition coefficient (Wildman–Crippen LogP) is -1.00. The molecule has 1 aliphatic rings. The molecule has 1 amide bonds. The molecule has 0 spiro atoms. The maximum atomic E-state index is 13.8. The SMILES string of the molecule is NC(=S)c1ccc(C(=O)Nc2cc(C3(CF)COCC(N)=[NH+]3)ccn2)nc1. The summed E-state index contributed by atoms with van der Waals surface area (Å²) < 4.78 is 19.2. The standard InChI is InChI=1S/C17H17FN6O2S/c18-8-17(9-26-7-13(19)24-17)11-3-4-21-14(5-11)23-16(25)12-2-1-10(6-22-12)15(20)27/h1-6H,7-9H2,(H2,19,24)(H2,20,27)(H,21,23,25)/p+1. The van der Waals surface area contributed by atoms with Gasteiger partial charge in [-0.15, -0.1) is 0 Å². The average Bonchev–Trinajstić information content (AvgIpc) is 2.68. The van der Waals surface area contributed by atoms with E-state index >= 15 is 0 Å². The first-order valence-corrected chi connectivity index (χ1v) is 8.41. The highest BCUT2D eigenvalue weighted by Crippen LogP contribution is 2.21. The van der Waals surface area contributed by atoms with E-state index in [-0.39, 0.29) is 29.7 Å². The van der Waals surface area contributed by atoms with Crippen LogP contribution in [0.5, 0.6) is 0 Å². The monoisotopic (exact) mass is 389 g/mol. The summed E-state index contributed by atoms with van der Waals surface area (Å²) >= 11 is 4.85. The van der Waals surface area contributed by atoms with Gasteiger partial charge in [-0.1, -0.05) is 12.2 Å². The Morgan fingerprint density at radius 1 is 1.41 bits per heavy atom. The molecule has 1 unspecified atom stereocenters. The molecule has 8 nitrogen and oxygen atoms in total. The Labute approximate surface area is 159 Å². The Morgan fingerprint density at radius 3 is 2.85 bits per heavy atom. The Bertz CT molecular complexity index is 905. The lowest BCUT2D eigenvalue weighted by Crippen LogP contribution is -2.91. The van der Waals surface area contributed by atoms with Gasteiger partial charge in [-0.25, -0.2) is 9.37 Å². The number of aromatic nitrogens is 2. The number of pyridine rings is 2. The molecule has 27 heavy (non-hydrogen) atoms. The fourth-order valence-electron chi connectivity index (χ4n) is 2.67. The zero-order valence-corrected chi connectivity index (χ0v) is 15.1. The number of nitrogens with two attached hydrogens (primary N) is 2. The van der Waals surface area contributed by atoms with Crippen molar-refractivity contribution in [2.24, 2.45) is 11.5 Å². The van der Waals surface area contributed by atoms with Gasteiger partial charge in [-0.3, -0.25) is 20.5 Å². The van der Waals surface area contributed by atoms with E-state index < -0.39 is 18.1 Å². The highest BCUT2D eigenvalue weighted by atomic mass is 32.1. The molecule has 0 aromatic carbocycles. The van der Waals surface area contributed by atoms with Crippen LogP contribution in [0.15, 0.2) is 36.7 Å². The van der Waals surface area contributed by atoms with Crippen LogP contribution in [0.2, 0.25) is 0 Å². The van der Waals surface area contributed by atoms with Crippen LogP contribution in [-0.4, -0.2) is 46.6 Å². The van der Waals surface area contributed by atoms with Crippen LogP contribution < -0.4 is 21.8 Å². The number of hydrogen-bond acceptors (Lipinski definition) is 6. The molecule has 0 saturated carbocycles. The van der Waals surface area contributed by atoms with Crippen molar-refractivity contribution in [3.8, 4) is 0 Å². The molecule has 1 aliphatic heterocycles. The van der Waals surface area contributed by atoms with E-state index in [4.69, 9.17) is 28.4 Å². The molecular weight excluding hydrogens is 371 g/mol. The topological polar surface area (TPSA) is 130 Å². The third-order valence-corrected chi connectivity index (χ3v) is 4.30. The van der Waals surface area contributed by atoms with E-state index in [0.717, 1.165) is 0 Å². The lowest BCUT2D eigenvalue weighted by molar-refractivity contribution is -0.581. The number of nitrogens with zero attached hydrogens (tertiary/aromatic N) is 2. The fraction of sp³-hybridized carbons (Fsp3) is 0.235. The second kappa shape index (κ2) is 7.72. The van der Waals surface area contributed by atoms with Crippen LogP contribution in [-0.2, 0) is 10.3 Å². The largest absolute Gasteiger partial charge is 0.389 e. The van der Waals surface area contributed by atoms with Gasteiger partial charge in [0.25, 0.3) is 11.7 Å². The van der Waals surface area contributed by atoms with E-state index in [1.165, 1.54) is 18.5 Å². The first kappa shape index (κ1) is 18.8. The highest BCUT2D eigenvalue weighted by molar-refractivity contribution is 7.80. The number of anilines is 1. The number of amides is 1. The molecule has 10 heteroatoms. The summed E-state index contributed by atoms with van der Waals surface area (Å²) in [6.45, 7) is -0.430. The van der Waals surface area contributed by atoms with Crippen LogP contribution in [0.25, 0.3) is 0 Å². The lowest BCUT2D eigenvalue weighted by Gasteiger charge is -2.28. The Morgan fingerprint density at radius 2 is 2.22 bits per heavy atom. The first-order valence-electron chi connectivity index (χ1n) is 8.00. The van der Waals surface area contributed by atoms with Gasteiger partial charge in [0, 0.05) is 23.5 Å². The Kier molecular flexibility index (Phi) is 5.38. The van der Waals surface area contributed by atoms with Gasteiger partial charge in [0.15, 0.2) is 5.54 Å². The summed E-state index contributed by atoms with van der Waals surface area (Å²) in [5, 5.41) is 2.63. The van der Waals surface area contributed by atoms with Gasteiger partial charge in [-0.2, -0.15) is 0 Å². The normalized spacial score (nSPS) is 19.2. The summed E-state index contributed by atoms with van der Waals surface area (Å²) in [4.78, 5) is 23.6. The van der Waals surface area contributed by atoms with Crippen molar-refractivity contribution in [3.63, 3.8) is 0 Å². The molecule has 0 saturated heterocycles. The van der Waals surface area contributed by atoms with Gasteiger partial charge in [0.1, 0.15) is 29.8 Å². The summed E-state index contributed by atoms with van der Waals surface area (Å²) in [5.74, 6) is 0.113. The van der Waals surface area contributed by atoms with Crippen LogP contribution in [0.3, 0.4) is 0 Å².